The molecule has 0 spiro atoms. The van der Waals surface area contributed by atoms with Crippen molar-refractivity contribution in [3.63, 3.8) is 0 Å². The highest BCUT2D eigenvalue weighted by Crippen LogP contribution is 2.18. The van der Waals surface area contributed by atoms with Crippen LogP contribution >= 0.6 is 11.6 Å². The fraction of sp³-hybridized carbons (Fsp3) is 0.182. The van der Waals surface area contributed by atoms with Crippen LogP contribution in [-0.2, 0) is 17.8 Å². The van der Waals surface area contributed by atoms with Crippen molar-refractivity contribution in [1.82, 2.24) is 4.98 Å². The minimum absolute atomic E-state index is 0.110. The maximum atomic E-state index is 12.6. The van der Waals surface area contributed by atoms with Crippen LogP contribution in [0, 0.1) is 0 Å². The quantitative estimate of drug-likeness (QED) is 0.601. The van der Waals surface area contributed by atoms with Gasteiger partial charge < -0.3 is 14.5 Å². The molecule has 0 atom stereocenters. The lowest BCUT2D eigenvalue weighted by atomic mass is 10.1. The van der Waals surface area contributed by atoms with Crippen LogP contribution in [-0.4, -0.2) is 17.6 Å². The summed E-state index contributed by atoms with van der Waals surface area (Å²) < 4.78 is 10.8. The molecule has 1 N–H and O–H groups in total. The van der Waals surface area contributed by atoms with Gasteiger partial charge in [0, 0.05) is 23.2 Å². The Balaban J connectivity index is 1.92. The van der Waals surface area contributed by atoms with Gasteiger partial charge in [-0.3, -0.25) is 4.79 Å². The third-order valence-corrected chi connectivity index (χ3v) is 4.32. The molecule has 0 bridgehead atoms. The Kier molecular flexibility index (Phi) is 6.50. The summed E-state index contributed by atoms with van der Waals surface area (Å²) in [7, 11) is 0. The van der Waals surface area contributed by atoms with Crippen molar-refractivity contribution >= 4 is 17.6 Å². The summed E-state index contributed by atoms with van der Waals surface area (Å²) in [6.45, 7) is 2.07. The molecule has 1 heterocycles. The van der Waals surface area contributed by atoms with E-state index in [0.717, 1.165) is 11.1 Å². The number of aromatic nitrogens is 1. The van der Waals surface area contributed by atoms with Crippen LogP contribution in [0.4, 0.5) is 0 Å². The van der Waals surface area contributed by atoms with Crippen LogP contribution in [0.5, 0.6) is 5.88 Å². The van der Waals surface area contributed by atoms with E-state index >= 15 is 0 Å². The molecule has 6 heteroatoms. The first-order valence-electron chi connectivity index (χ1n) is 8.91. The molecule has 1 aromatic heterocycles. The number of carbonyl (C=O) groups excluding carboxylic acids is 1. The van der Waals surface area contributed by atoms with Gasteiger partial charge in [0.1, 0.15) is 6.61 Å². The lowest BCUT2D eigenvalue weighted by Gasteiger charge is -2.13. The predicted molar refractivity (Wildman–Crippen MR) is 108 cm³/mol. The molecule has 0 fully saturated rings. The number of hydrogen-bond acceptors (Lipinski definition) is 4. The smallest absolute Gasteiger partial charge is 0.347 e. The Morgan fingerprint density at radius 1 is 1.04 bits per heavy atom. The number of halogens is 1. The lowest BCUT2D eigenvalue weighted by Crippen LogP contribution is -2.21. The molecule has 0 aliphatic heterocycles. The molecule has 3 aromatic rings. The van der Waals surface area contributed by atoms with E-state index in [9.17, 15) is 9.59 Å². The third kappa shape index (κ3) is 5.02. The monoisotopic (exact) mass is 397 g/mol. The third-order valence-electron chi connectivity index (χ3n) is 4.07. The molecule has 0 saturated carbocycles. The second-order valence-electron chi connectivity index (χ2n) is 6.16. The standard InChI is InChI=1S/C22H20ClNO4/c1-2-27-22(26)20-19(25)13-18(12-15-8-10-17(23)11-9-15)24-21(20)28-14-16-6-4-3-5-7-16/h3-11,13H,2,12,14H2,1H3,(H,24,25). The first kappa shape index (κ1) is 19.7. The van der Waals surface area contributed by atoms with Crippen molar-refractivity contribution in [2.24, 2.45) is 0 Å². The van der Waals surface area contributed by atoms with Crippen molar-refractivity contribution in [2.45, 2.75) is 20.0 Å². The largest absolute Gasteiger partial charge is 0.473 e. The van der Waals surface area contributed by atoms with Crippen molar-refractivity contribution in [2.75, 3.05) is 6.61 Å². The minimum Gasteiger partial charge on any atom is -0.473 e. The highest BCUT2D eigenvalue weighted by molar-refractivity contribution is 6.30. The molecule has 0 unspecified atom stereocenters. The SMILES string of the molecule is CCOC(=O)c1c(OCc2ccccc2)[nH]c(Cc2ccc(Cl)cc2)cc1=O. The van der Waals surface area contributed by atoms with Crippen LogP contribution in [0.25, 0.3) is 0 Å². The molecule has 0 aliphatic rings. The van der Waals surface area contributed by atoms with Gasteiger partial charge in [0.2, 0.25) is 5.88 Å². The number of rotatable bonds is 7. The van der Waals surface area contributed by atoms with Crippen LogP contribution in [0.1, 0.15) is 34.1 Å². The van der Waals surface area contributed by atoms with Gasteiger partial charge in [-0.25, -0.2) is 4.79 Å². The Morgan fingerprint density at radius 3 is 2.43 bits per heavy atom. The molecule has 0 saturated heterocycles. The first-order valence-corrected chi connectivity index (χ1v) is 9.29. The molecule has 5 nitrogen and oxygen atoms in total. The number of hydrogen-bond donors (Lipinski definition) is 1. The molecule has 2 aromatic carbocycles. The summed E-state index contributed by atoms with van der Waals surface area (Å²) in [5.41, 5.74) is 1.95. The summed E-state index contributed by atoms with van der Waals surface area (Å²) in [4.78, 5) is 27.9. The van der Waals surface area contributed by atoms with Crippen LogP contribution < -0.4 is 10.2 Å². The summed E-state index contributed by atoms with van der Waals surface area (Å²) in [5.74, 6) is -0.594. The van der Waals surface area contributed by atoms with Crippen molar-refractivity contribution < 1.29 is 14.3 Å². The molecule has 0 radical (unpaired) electrons. The maximum Gasteiger partial charge on any atom is 0.347 e. The van der Waals surface area contributed by atoms with Crippen LogP contribution in [0.3, 0.4) is 0 Å². The topological polar surface area (TPSA) is 68.4 Å². The fourth-order valence-corrected chi connectivity index (χ4v) is 2.86. The highest BCUT2D eigenvalue weighted by Gasteiger charge is 2.20. The number of ether oxygens (including phenoxy) is 2. The summed E-state index contributed by atoms with van der Waals surface area (Å²) >= 11 is 5.92. The van der Waals surface area contributed by atoms with Crippen molar-refractivity contribution in [3.05, 3.63) is 98.3 Å². The highest BCUT2D eigenvalue weighted by atomic mass is 35.5. The summed E-state index contributed by atoms with van der Waals surface area (Å²) in [6.07, 6.45) is 0.469. The normalized spacial score (nSPS) is 10.5. The average molecular weight is 398 g/mol. The van der Waals surface area contributed by atoms with Gasteiger partial charge in [-0.05, 0) is 30.2 Å². The predicted octanol–water partition coefficient (Wildman–Crippen LogP) is 4.37. The number of benzene rings is 2. The van der Waals surface area contributed by atoms with Gasteiger partial charge in [0.05, 0.1) is 6.61 Å². The van der Waals surface area contributed by atoms with E-state index in [1.165, 1.54) is 6.07 Å². The number of carbonyl (C=O) groups is 1. The van der Waals surface area contributed by atoms with Gasteiger partial charge in [-0.15, -0.1) is 0 Å². The molecule has 0 aliphatic carbocycles. The number of pyridine rings is 1. The van der Waals surface area contributed by atoms with E-state index < -0.39 is 11.4 Å². The first-order chi connectivity index (χ1) is 13.6. The Labute approximate surface area is 167 Å². The zero-order chi connectivity index (χ0) is 19.9. The van der Waals surface area contributed by atoms with Gasteiger partial charge >= 0.3 is 5.97 Å². The molecule has 144 valence electrons. The molecular weight excluding hydrogens is 378 g/mol. The van der Waals surface area contributed by atoms with Crippen molar-refractivity contribution in [1.29, 1.82) is 0 Å². The van der Waals surface area contributed by atoms with E-state index in [2.05, 4.69) is 4.98 Å². The molecule has 0 amide bonds. The van der Waals surface area contributed by atoms with Gasteiger partial charge in [0.15, 0.2) is 11.0 Å². The Morgan fingerprint density at radius 2 is 1.75 bits per heavy atom. The number of nitrogens with one attached hydrogen (secondary N) is 1. The van der Waals surface area contributed by atoms with Crippen molar-refractivity contribution in [3.8, 4) is 5.88 Å². The van der Waals surface area contributed by atoms with Gasteiger partial charge in [-0.2, -0.15) is 0 Å². The molecule has 28 heavy (non-hydrogen) atoms. The van der Waals surface area contributed by atoms with E-state index in [1.54, 1.807) is 19.1 Å². The zero-order valence-electron chi connectivity index (χ0n) is 15.4. The van der Waals surface area contributed by atoms with Gasteiger partial charge in [-0.1, -0.05) is 54.1 Å². The number of esters is 1. The second-order valence-corrected chi connectivity index (χ2v) is 6.60. The van der Waals surface area contributed by atoms with E-state index in [0.29, 0.717) is 17.1 Å². The van der Waals surface area contributed by atoms with E-state index in [-0.39, 0.29) is 24.7 Å². The minimum atomic E-state index is -0.704. The fourth-order valence-electron chi connectivity index (χ4n) is 2.74. The summed E-state index contributed by atoms with van der Waals surface area (Å²) in [5, 5.41) is 0.641. The lowest BCUT2D eigenvalue weighted by molar-refractivity contribution is 0.0518. The van der Waals surface area contributed by atoms with E-state index in [4.69, 9.17) is 21.1 Å². The maximum absolute atomic E-state index is 12.6. The molecule has 3 rings (SSSR count). The Hall–Kier alpha value is -3.05. The average Bonchev–Trinajstić information content (AvgIpc) is 2.69. The van der Waals surface area contributed by atoms with E-state index in [1.807, 2.05) is 42.5 Å². The number of aromatic amines is 1. The van der Waals surface area contributed by atoms with Gasteiger partial charge in [0.25, 0.3) is 0 Å². The number of H-pyrrole nitrogens is 1. The van der Waals surface area contributed by atoms with Crippen LogP contribution in [0.2, 0.25) is 5.02 Å². The zero-order valence-corrected chi connectivity index (χ0v) is 16.2. The van der Waals surface area contributed by atoms with Crippen LogP contribution in [0.15, 0.2) is 65.5 Å². The second kappa shape index (κ2) is 9.24. The summed E-state index contributed by atoms with van der Waals surface area (Å²) in [6, 6.07) is 18.2. The molecular formula is C22H20ClNO4. The Bertz CT molecular complexity index is 997.